The molecule has 0 bridgehead atoms. The van der Waals surface area contributed by atoms with Crippen LogP contribution in [-0.2, 0) is 0 Å². The van der Waals surface area contributed by atoms with Gasteiger partial charge < -0.3 is 19.6 Å². The predicted molar refractivity (Wildman–Crippen MR) is 159 cm³/mol. The molecule has 0 saturated heterocycles. The summed E-state index contributed by atoms with van der Waals surface area (Å²) in [5, 5.41) is 2.27. The molecular weight excluding hydrogens is 625 g/mol. The summed E-state index contributed by atoms with van der Waals surface area (Å²) in [4.78, 5) is 9.23. The molecule has 0 unspecified atom stereocenters. The van der Waals surface area contributed by atoms with Gasteiger partial charge in [-0.05, 0) is 86.7 Å². The first-order valence-corrected chi connectivity index (χ1v) is 14.0. The lowest BCUT2D eigenvalue weighted by Crippen LogP contribution is -2.50. The van der Waals surface area contributed by atoms with Crippen molar-refractivity contribution in [1.29, 1.82) is 0 Å². The van der Waals surface area contributed by atoms with Crippen LogP contribution in [0, 0.1) is 0 Å². The number of fused-ring (bicyclic) bond motifs is 2. The summed E-state index contributed by atoms with van der Waals surface area (Å²) < 4.78 is -0.388. The molecule has 4 nitrogen and oxygen atoms in total. The fourth-order valence-electron chi connectivity index (χ4n) is 4.86. The molecule has 0 N–H and O–H groups in total. The summed E-state index contributed by atoms with van der Waals surface area (Å²) in [6.45, 7) is 11.9. The normalized spacial score (nSPS) is 16.7. The van der Waals surface area contributed by atoms with Crippen molar-refractivity contribution in [3.63, 3.8) is 0 Å². The van der Waals surface area contributed by atoms with Crippen molar-refractivity contribution in [3.8, 4) is 0 Å². The van der Waals surface area contributed by atoms with Crippen LogP contribution >= 0.6 is 69.0 Å². The van der Waals surface area contributed by atoms with Crippen molar-refractivity contribution in [3.05, 3.63) is 68.4 Å². The van der Waals surface area contributed by atoms with Crippen LogP contribution in [0.1, 0.15) is 27.7 Å². The Morgan fingerprint density at radius 3 is 1.41 bits per heavy atom. The summed E-state index contributed by atoms with van der Waals surface area (Å²) in [7, 11) is 0. The van der Waals surface area contributed by atoms with Crippen LogP contribution < -0.4 is 19.6 Å². The van der Waals surface area contributed by atoms with Crippen LogP contribution in [0.4, 0.5) is 22.7 Å². The summed E-state index contributed by atoms with van der Waals surface area (Å²) >= 11 is 28.0. The fourth-order valence-corrected chi connectivity index (χ4v) is 6.90. The van der Waals surface area contributed by atoms with E-state index in [9.17, 15) is 0 Å². The highest BCUT2D eigenvalue weighted by Crippen LogP contribution is 2.51. The standard InChI is InChI=1S/C25H27Cl4IN4/c1-5-31-20-12-16(26)17(27)13-21(20)32(6-2)24(31)10-9-11-25(30)33(7-3)22-14-18(28)19(29)15-23(22)34(25)8-4/h9-15H,5-8H2,1-4H3/b11-9+. The molecule has 0 fully saturated rings. The number of alkyl halides is 1. The van der Waals surface area contributed by atoms with Crippen molar-refractivity contribution in [2.75, 3.05) is 45.8 Å². The fraction of sp³-hybridized carbons (Fsp3) is 0.360. The largest absolute Gasteiger partial charge is 0.336 e. The maximum Gasteiger partial charge on any atom is 0.186 e. The second-order valence-corrected chi connectivity index (χ2v) is 11.2. The molecule has 0 saturated carbocycles. The number of nitrogens with zero attached hydrogens (tertiary/aromatic N) is 4. The van der Waals surface area contributed by atoms with Crippen LogP contribution in [0.15, 0.2) is 48.3 Å². The molecule has 9 heteroatoms. The van der Waals surface area contributed by atoms with Gasteiger partial charge in [0.25, 0.3) is 0 Å². The van der Waals surface area contributed by atoms with Crippen molar-refractivity contribution in [1.82, 2.24) is 0 Å². The Balaban J connectivity index is 1.74. The molecule has 34 heavy (non-hydrogen) atoms. The maximum atomic E-state index is 6.38. The first kappa shape index (κ1) is 26.1. The number of halogens is 5. The minimum absolute atomic E-state index is 0.388. The summed E-state index contributed by atoms with van der Waals surface area (Å²) in [6, 6.07) is 7.84. The number of allylic oxidation sites excluding steroid dienone is 2. The molecule has 182 valence electrons. The smallest absolute Gasteiger partial charge is 0.186 e. The van der Waals surface area contributed by atoms with E-state index in [-0.39, 0.29) is 3.67 Å². The first-order chi connectivity index (χ1) is 16.2. The Bertz CT molecular complexity index is 1090. The lowest BCUT2D eigenvalue weighted by molar-refractivity contribution is 0.671. The quantitative estimate of drug-likeness (QED) is 0.176. The maximum absolute atomic E-state index is 6.38. The van der Waals surface area contributed by atoms with Crippen LogP contribution in [0.25, 0.3) is 0 Å². The highest BCUT2D eigenvalue weighted by Gasteiger charge is 2.45. The van der Waals surface area contributed by atoms with Gasteiger partial charge in [-0.1, -0.05) is 52.5 Å². The first-order valence-electron chi connectivity index (χ1n) is 11.4. The van der Waals surface area contributed by atoms with Crippen LogP contribution in [-0.4, -0.2) is 29.8 Å². The Hall–Kier alpha value is -0.990. The number of benzene rings is 2. The van der Waals surface area contributed by atoms with Gasteiger partial charge >= 0.3 is 0 Å². The van der Waals surface area contributed by atoms with Crippen molar-refractivity contribution < 1.29 is 0 Å². The predicted octanol–water partition coefficient (Wildman–Crippen LogP) is 8.82. The van der Waals surface area contributed by atoms with E-state index in [0.717, 1.165) is 54.7 Å². The average Bonchev–Trinajstić information content (AvgIpc) is 3.21. The number of hydrogen-bond acceptors (Lipinski definition) is 4. The molecule has 0 atom stereocenters. The highest BCUT2D eigenvalue weighted by atomic mass is 127. The lowest BCUT2D eigenvalue weighted by atomic mass is 10.2. The third kappa shape index (κ3) is 4.15. The van der Waals surface area contributed by atoms with Gasteiger partial charge in [-0.3, -0.25) is 0 Å². The van der Waals surface area contributed by atoms with Gasteiger partial charge in [-0.15, -0.1) is 0 Å². The zero-order valence-corrected chi connectivity index (χ0v) is 24.7. The van der Waals surface area contributed by atoms with E-state index < -0.39 is 0 Å². The topological polar surface area (TPSA) is 13.0 Å². The van der Waals surface area contributed by atoms with E-state index in [4.69, 9.17) is 46.4 Å². The van der Waals surface area contributed by atoms with Crippen molar-refractivity contribution in [2.45, 2.75) is 31.4 Å². The van der Waals surface area contributed by atoms with Gasteiger partial charge in [-0.25, -0.2) is 0 Å². The Morgan fingerprint density at radius 2 is 1.06 bits per heavy atom. The molecule has 2 aliphatic rings. The second kappa shape index (κ2) is 10.2. The number of likely N-dealkylation sites (N-methyl/N-ethyl adjacent to an activating group) is 2. The van der Waals surface area contributed by atoms with Crippen molar-refractivity contribution in [2.24, 2.45) is 0 Å². The van der Waals surface area contributed by atoms with E-state index in [2.05, 4.69) is 88.1 Å². The number of hydrogen-bond donors (Lipinski definition) is 0. The highest BCUT2D eigenvalue weighted by molar-refractivity contribution is 14.1. The minimum atomic E-state index is -0.388. The number of rotatable bonds is 6. The summed E-state index contributed by atoms with van der Waals surface area (Å²) in [5.41, 5.74) is 4.33. The van der Waals surface area contributed by atoms with Gasteiger partial charge in [-0.2, -0.15) is 0 Å². The molecule has 4 rings (SSSR count). The molecule has 2 aromatic rings. The van der Waals surface area contributed by atoms with Gasteiger partial charge in [0, 0.05) is 26.2 Å². The van der Waals surface area contributed by atoms with Crippen LogP contribution in [0.3, 0.4) is 0 Å². The summed E-state index contributed by atoms with van der Waals surface area (Å²) in [6.07, 6.45) is 6.54. The van der Waals surface area contributed by atoms with Crippen molar-refractivity contribution >= 4 is 91.7 Å². The van der Waals surface area contributed by atoms with E-state index in [0.29, 0.717) is 20.1 Å². The monoisotopic (exact) mass is 650 g/mol. The molecule has 2 aromatic carbocycles. The molecule has 0 spiro atoms. The van der Waals surface area contributed by atoms with Crippen LogP contribution in [0.5, 0.6) is 0 Å². The number of anilines is 4. The van der Waals surface area contributed by atoms with E-state index in [1.807, 2.05) is 24.3 Å². The molecule has 0 amide bonds. The summed E-state index contributed by atoms with van der Waals surface area (Å²) in [5.74, 6) is 1.10. The third-order valence-corrected chi connectivity index (χ3v) is 9.30. The average molecular weight is 652 g/mol. The second-order valence-electron chi connectivity index (χ2n) is 8.01. The zero-order chi connectivity index (χ0) is 24.8. The van der Waals surface area contributed by atoms with Gasteiger partial charge in [0.1, 0.15) is 5.82 Å². The third-order valence-electron chi connectivity index (χ3n) is 6.33. The minimum Gasteiger partial charge on any atom is -0.336 e. The lowest BCUT2D eigenvalue weighted by Gasteiger charge is -2.38. The van der Waals surface area contributed by atoms with Crippen LogP contribution in [0.2, 0.25) is 20.1 Å². The Labute approximate surface area is 235 Å². The van der Waals surface area contributed by atoms with Gasteiger partial charge in [0.15, 0.2) is 3.67 Å². The Kier molecular flexibility index (Phi) is 7.80. The molecule has 2 heterocycles. The SMILES string of the molecule is CCN1C(=C/C=C/C2(I)N(CC)c3cc(Cl)c(Cl)cc3N2CC)N(CC)c2cc(Cl)c(Cl)cc21. The molecule has 0 aliphatic carbocycles. The van der Waals surface area contributed by atoms with Gasteiger partial charge in [0.05, 0.1) is 42.8 Å². The van der Waals surface area contributed by atoms with E-state index in [1.54, 1.807) is 0 Å². The Morgan fingerprint density at radius 1 is 0.676 bits per heavy atom. The van der Waals surface area contributed by atoms with Gasteiger partial charge in [0.2, 0.25) is 0 Å². The van der Waals surface area contributed by atoms with E-state index in [1.165, 1.54) is 0 Å². The van der Waals surface area contributed by atoms with E-state index >= 15 is 0 Å². The zero-order valence-electron chi connectivity index (χ0n) is 19.5. The molecular formula is C25H27Cl4IN4. The molecule has 2 aliphatic heterocycles. The molecule has 0 radical (unpaired) electrons. The molecule has 0 aromatic heterocycles.